The minimum absolute atomic E-state index is 0.0119. The van der Waals surface area contributed by atoms with Crippen molar-refractivity contribution in [2.75, 3.05) is 0 Å². The highest BCUT2D eigenvalue weighted by Crippen LogP contribution is 2.44. The number of rotatable bonds is 22. The molecule has 0 atom stereocenters. The van der Waals surface area contributed by atoms with E-state index in [4.69, 9.17) is 9.47 Å². The van der Waals surface area contributed by atoms with Gasteiger partial charge in [0.2, 0.25) is 0 Å². The molecule has 4 nitrogen and oxygen atoms in total. The van der Waals surface area contributed by atoms with Gasteiger partial charge in [-0.3, -0.25) is 9.59 Å². The number of carbonyl (C=O) groups is 2. The molecule has 4 fully saturated rings. The Morgan fingerprint density at radius 1 is 0.407 bits per heavy atom. The maximum absolute atomic E-state index is 13.0. The summed E-state index contributed by atoms with van der Waals surface area (Å²) in [4.78, 5) is 26.0. The van der Waals surface area contributed by atoms with E-state index in [1.807, 2.05) is 24.3 Å². The number of hydrogen-bond acceptors (Lipinski definition) is 4. The number of carbonyl (C=O) groups excluding carboxylic acids is 2. The second-order valence-electron chi connectivity index (χ2n) is 20.2. The molecule has 6 rings (SSSR count). The second kappa shape index (κ2) is 25.3. The molecule has 0 amide bonds. The van der Waals surface area contributed by atoms with Gasteiger partial charge in [-0.25, -0.2) is 0 Å². The zero-order valence-electron chi connectivity index (χ0n) is 37.8. The van der Waals surface area contributed by atoms with Crippen LogP contribution in [0.3, 0.4) is 0 Å². The van der Waals surface area contributed by atoms with Crippen molar-refractivity contribution < 1.29 is 19.1 Å². The summed E-state index contributed by atoms with van der Waals surface area (Å²) in [6.45, 7) is 4.62. The normalized spacial score (nSPS) is 27.6. The van der Waals surface area contributed by atoms with Crippen LogP contribution in [-0.2, 0) is 22.4 Å². The van der Waals surface area contributed by atoms with Crippen molar-refractivity contribution in [2.24, 2.45) is 47.3 Å². The first-order valence-electron chi connectivity index (χ1n) is 25.6. The molecular weight excluding hydrogens is 725 g/mol. The van der Waals surface area contributed by atoms with Gasteiger partial charge in [0.15, 0.2) is 0 Å². The highest BCUT2D eigenvalue weighted by molar-refractivity contribution is 5.75. The molecule has 0 heterocycles. The number of aryl methyl sites for hydroxylation is 2. The molecule has 4 aliphatic rings. The van der Waals surface area contributed by atoms with Crippen molar-refractivity contribution in [1.29, 1.82) is 0 Å². The summed E-state index contributed by atoms with van der Waals surface area (Å²) in [5.41, 5.74) is 2.67. The lowest BCUT2D eigenvalue weighted by Gasteiger charge is -2.37. The van der Waals surface area contributed by atoms with Gasteiger partial charge in [-0.2, -0.15) is 0 Å². The van der Waals surface area contributed by atoms with Crippen molar-refractivity contribution in [3.63, 3.8) is 0 Å². The summed E-state index contributed by atoms with van der Waals surface area (Å²) in [6, 6.07) is 16.6. The van der Waals surface area contributed by atoms with Crippen LogP contribution in [-0.4, -0.2) is 11.9 Å². The van der Waals surface area contributed by atoms with Crippen molar-refractivity contribution >= 4 is 11.9 Å². The van der Waals surface area contributed by atoms with Crippen LogP contribution in [0.25, 0.3) is 0 Å². The first-order chi connectivity index (χ1) is 29.0. The van der Waals surface area contributed by atoms with Crippen LogP contribution >= 0.6 is 0 Å². The summed E-state index contributed by atoms with van der Waals surface area (Å²) < 4.78 is 11.7. The molecular formula is C55H84O4. The zero-order valence-corrected chi connectivity index (χ0v) is 37.8. The molecule has 0 spiro atoms. The smallest absolute Gasteiger partial charge is 0.314 e. The Balaban J connectivity index is 0.749. The van der Waals surface area contributed by atoms with E-state index in [9.17, 15) is 9.59 Å². The molecule has 4 heteroatoms. The molecule has 0 aromatic heterocycles. The van der Waals surface area contributed by atoms with Crippen molar-refractivity contribution in [2.45, 2.75) is 213 Å². The van der Waals surface area contributed by atoms with Crippen LogP contribution in [0, 0.1) is 47.3 Å². The predicted octanol–water partition coefficient (Wildman–Crippen LogP) is 15.6. The maximum Gasteiger partial charge on any atom is 0.314 e. The molecule has 4 saturated carbocycles. The number of unbranched alkanes of at least 4 members (excludes halogenated alkanes) is 8. The van der Waals surface area contributed by atoms with E-state index in [2.05, 4.69) is 38.1 Å². The Morgan fingerprint density at radius 2 is 0.712 bits per heavy atom. The van der Waals surface area contributed by atoms with Crippen LogP contribution in [0.1, 0.15) is 211 Å². The lowest BCUT2D eigenvalue weighted by atomic mass is 9.68. The van der Waals surface area contributed by atoms with Gasteiger partial charge in [-0.1, -0.05) is 134 Å². The molecule has 2 aromatic carbocycles. The summed E-state index contributed by atoms with van der Waals surface area (Å²) in [6.07, 6.45) is 39.6. The van der Waals surface area contributed by atoms with Crippen LogP contribution < -0.4 is 9.47 Å². The first-order valence-corrected chi connectivity index (χ1v) is 25.6. The highest BCUT2D eigenvalue weighted by atomic mass is 16.5. The Labute approximate surface area is 361 Å². The zero-order chi connectivity index (χ0) is 41.1. The van der Waals surface area contributed by atoms with Gasteiger partial charge in [-0.15, -0.1) is 0 Å². The molecule has 0 bridgehead atoms. The fraction of sp³-hybridized carbons (Fsp3) is 0.745. The predicted molar refractivity (Wildman–Crippen MR) is 245 cm³/mol. The average Bonchev–Trinajstić information content (AvgIpc) is 3.28. The van der Waals surface area contributed by atoms with E-state index in [1.165, 1.54) is 172 Å². The monoisotopic (exact) mass is 809 g/mol. The number of ether oxygens (including phenoxy) is 2. The fourth-order valence-electron chi connectivity index (χ4n) is 11.9. The third kappa shape index (κ3) is 15.4. The topological polar surface area (TPSA) is 52.6 Å². The standard InChI is InChI=1S/C55H84O4/c1-3-5-14-42-18-26-46(27-19-42)48-30-34-50(35-31-48)54(56)58-52-38-22-44(23-39-52)16-12-10-8-7-9-11-13-17-45-24-40-53(41-25-45)59-55(57)51-36-32-49(33-37-51)47-28-20-43(21-29-47)15-6-4-2/h22-25,38-43,46-51H,3-21,26-37H2,1-2H3. The van der Waals surface area contributed by atoms with E-state index in [-0.39, 0.29) is 23.8 Å². The molecule has 2 aromatic rings. The maximum atomic E-state index is 13.0. The van der Waals surface area contributed by atoms with Crippen LogP contribution in [0.5, 0.6) is 11.5 Å². The van der Waals surface area contributed by atoms with E-state index >= 15 is 0 Å². The van der Waals surface area contributed by atoms with Crippen LogP contribution in [0.15, 0.2) is 48.5 Å². The van der Waals surface area contributed by atoms with Crippen molar-refractivity contribution in [3.8, 4) is 11.5 Å². The minimum atomic E-state index is -0.0119. The van der Waals surface area contributed by atoms with Gasteiger partial charge in [0.05, 0.1) is 11.8 Å². The molecule has 0 N–H and O–H groups in total. The molecule has 0 saturated heterocycles. The van der Waals surface area contributed by atoms with Gasteiger partial charge < -0.3 is 9.47 Å². The van der Waals surface area contributed by atoms with E-state index in [1.54, 1.807) is 0 Å². The molecule has 328 valence electrons. The second-order valence-corrected chi connectivity index (χ2v) is 20.2. The summed E-state index contributed by atoms with van der Waals surface area (Å²) in [5.74, 6) is 6.94. The minimum Gasteiger partial charge on any atom is -0.426 e. The summed E-state index contributed by atoms with van der Waals surface area (Å²) in [5, 5.41) is 0. The van der Waals surface area contributed by atoms with Gasteiger partial charge in [0, 0.05) is 0 Å². The summed E-state index contributed by atoms with van der Waals surface area (Å²) >= 11 is 0. The fourth-order valence-corrected chi connectivity index (χ4v) is 11.9. The average molecular weight is 809 g/mol. The van der Waals surface area contributed by atoms with Crippen LogP contribution in [0.4, 0.5) is 0 Å². The third-order valence-electron chi connectivity index (χ3n) is 16.0. The van der Waals surface area contributed by atoms with Crippen LogP contribution in [0.2, 0.25) is 0 Å². The largest absolute Gasteiger partial charge is 0.426 e. The lowest BCUT2D eigenvalue weighted by Crippen LogP contribution is -2.30. The van der Waals surface area contributed by atoms with E-state index < -0.39 is 0 Å². The Bertz CT molecular complexity index is 1340. The lowest BCUT2D eigenvalue weighted by molar-refractivity contribution is -0.141. The quantitative estimate of drug-likeness (QED) is 0.0675. The Morgan fingerprint density at radius 3 is 1.03 bits per heavy atom. The number of hydrogen-bond donors (Lipinski definition) is 0. The molecule has 0 unspecified atom stereocenters. The molecule has 0 radical (unpaired) electrons. The first kappa shape index (κ1) is 45.9. The summed E-state index contributed by atoms with van der Waals surface area (Å²) in [7, 11) is 0. The van der Waals surface area contributed by atoms with Crippen molar-refractivity contribution in [1.82, 2.24) is 0 Å². The molecule has 4 aliphatic carbocycles. The number of benzene rings is 2. The Hall–Kier alpha value is -2.62. The van der Waals surface area contributed by atoms with E-state index in [0.717, 1.165) is 74.0 Å². The SMILES string of the molecule is CCCCC1CCC(C2CCC(C(=O)Oc3ccc(CCCCCCCCCc4ccc(OC(=O)C5CCC(C6CCC(CCCC)CC6)CC5)cc4)cc3)CC2)CC1. The molecule has 59 heavy (non-hydrogen) atoms. The van der Waals surface area contributed by atoms with Gasteiger partial charge in [-0.05, 0) is 174 Å². The van der Waals surface area contributed by atoms with Gasteiger partial charge >= 0.3 is 11.9 Å². The molecule has 0 aliphatic heterocycles. The van der Waals surface area contributed by atoms with E-state index in [0.29, 0.717) is 11.5 Å². The Kier molecular flexibility index (Phi) is 19.7. The third-order valence-corrected chi connectivity index (χ3v) is 16.0. The highest BCUT2D eigenvalue weighted by Gasteiger charge is 2.35. The van der Waals surface area contributed by atoms with Gasteiger partial charge in [0.1, 0.15) is 11.5 Å². The van der Waals surface area contributed by atoms with Crippen molar-refractivity contribution in [3.05, 3.63) is 59.7 Å². The number of esters is 2. The van der Waals surface area contributed by atoms with Gasteiger partial charge in [0.25, 0.3) is 0 Å².